The van der Waals surface area contributed by atoms with Gasteiger partial charge in [-0.1, -0.05) is 35.3 Å². The molecule has 0 saturated carbocycles. The number of hydrogen-bond donors (Lipinski definition) is 1. The number of amides is 1. The summed E-state index contributed by atoms with van der Waals surface area (Å²) in [5.41, 5.74) is 2.84. The first kappa shape index (κ1) is 20.8. The molecule has 30 heavy (non-hydrogen) atoms. The number of benzene rings is 2. The molecule has 3 aromatic rings. The molecule has 1 fully saturated rings. The van der Waals surface area contributed by atoms with Crippen LogP contribution in [0.15, 0.2) is 42.7 Å². The zero-order chi connectivity index (χ0) is 21.3. The fraction of sp³-hybridized carbons (Fsp3) is 0.333. The minimum absolute atomic E-state index is 0.0239. The van der Waals surface area contributed by atoms with Gasteiger partial charge in [-0.15, -0.1) is 5.10 Å². The average molecular weight is 446 g/mol. The Hall–Kier alpha value is -2.48. The summed E-state index contributed by atoms with van der Waals surface area (Å²) in [6.45, 7) is 3.02. The van der Waals surface area contributed by atoms with Crippen LogP contribution in [0.2, 0.25) is 10.0 Å². The quantitative estimate of drug-likeness (QED) is 0.649. The molecule has 0 unspecified atom stereocenters. The SMILES string of the molecule is Cc1ccc(-n2cnnn2)cc1C(=O)N1CC[C@](CCO)(c2ccc(Cl)c(Cl)c2)C1. The second-order valence-corrected chi connectivity index (χ2v) is 8.43. The van der Waals surface area contributed by atoms with E-state index in [1.807, 2.05) is 36.1 Å². The van der Waals surface area contributed by atoms with Crippen molar-refractivity contribution < 1.29 is 9.90 Å². The van der Waals surface area contributed by atoms with Crippen molar-refractivity contribution in [3.63, 3.8) is 0 Å². The number of aliphatic hydroxyl groups excluding tert-OH is 1. The lowest BCUT2D eigenvalue weighted by atomic mass is 9.77. The van der Waals surface area contributed by atoms with Crippen LogP contribution in [0.5, 0.6) is 0 Å². The lowest BCUT2D eigenvalue weighted by Gasteiger charge is -2.30. The highest BCUT2D eigenvalue weighted by Gasteiger charge is 2.41. The Morgan fingerprint density at radius 1 is 1.20 bits per heavy atom. The highest BCUT2D eigenvalue weighted by Crippen LogP contribution is 2.40. The van der Waals surface area contributed by atoms with Crippen LogP contribution in [0.1, 0.15) is 34.3 Å². The molecule has 1 aliphatic rings. The van der Waals surface area contributed by atoms with Gasteiger partial charge in [0.15, 0.2) is 0 Å². The van der Waals surface area contributed by atoms with Gasteiger partial charge in [0.25, 0.3) is 5.91 Å². The van der Waals surface area contributed by atoms with Crippen molar-refractivity contribution in [3.05, 3.63) is 69.5 Å². The summed E-state index contributed by atoms with van der Waals surface area (Å²) >= 11 is 12.3. The van der Waals surface area contributed by atoms with Crippen molar-refractivity contribution >= 4 is 29.1 Å². The molecule has 1 atom stereocenters. The average Bonchev–Trinajstić information content (AvgIpc) is 3.41. The summed E-state index contributed by atoms with van der Waals surface area (Å²) < 4.78 is 1.52. The molecule has 156 valence electrons. The van der Waals surface area contributed by atoms with E-state index >= 15 is 0 Å². The largest absolute Gasteiger partial charge is 0.396 e. The van der Waals surface area contributed by atoms with Crippen molar-refractivity contribution in [2.75, 3.05) is 19.7 Å². The van der Waals surface area contributed by atoms with Gasteiger partial charge in [0.05, 0.1) is 15.7 Å². The third-order valence-electron chi connectivity index (χ3n) is 5.83. The molecule has 0 bridgehead atoms. The number of nitrogens with zero attached hydrogens (tertiary/aromatic N) is 5. The van der Waals surface area contributed by atoms with Crippen LogP contribution in [-0.2, 0) is 5.41 Å². The molecule has 1 saturated heterocycles. The number of tetrazole rings is 1. The van der Waals surface area contributed by atoms with Gasteiger partial charge < -0.3 is 10.0 Å². The van der Waals surface area contributed by atoms with Crippen molar-refractivity contribution in [2.24, 2.45) is 0 Å². The number of aryl methyl sites for hydroxylation is 1. The maximum Gasteiger partial charge on any atom is 0.254 e. The molecule has 1 aliphatic heterocycles. The number of halogens is 2. The van der Waals surface area contributed by atoms with Crippen LogP contribution in [0, 0.1) is 6.92 Å². The van der Waals surface area contributed by atoms with Gasteiger partial charge in [-0.3, -0.25) is 4.79 Å². The summed E-state index contributed by atoms with van der Waals surface area (Å²) in [7, 11) is 0. The smallest absolute Gasteiger partial charge is 0.254 e. The van der Waals surface area contributed by atoms with Crippen LogP contribution in [0.25, 0.3) is 5.69 Å². The van der Waals surface area contributed by atoms with E-state index in [1.165, 1.54) is 11.0 Å². The standard InChI is InChI=1S/C21H21Cl2N5O2/c1-14-2-4-16(28-13-24-25-26-28)11-17(14)20(30)27-8-6-21(12-27,7-9-29)15-3-5-18(22)19(23)10-15/h2-5,10-11,13,29H,6-9,12H2,1H3/t21-/m1/s1. The second-order valence-electron chi connectivity index (χ2n) is 7.61. The molecule has 1 amide bonds. The topological polar surface area (TPSA) is 84.1 Å². The molecule has 0 aliphatic carbocycles. The molecule has 1 aromatic heterocycles. The Balaban J connectivity index is 1.63. The van der Waals surface area contributed by atoms with Gasteiger partial charge in [0, 0.05) is 30.7 Å². The van der Waals surface area contributed by atoms with Crippen molar-refractivity contribution in [3.8, 4) is 5.69 Å². The molecule has 7 nitrogen and oxygen atoms in total. The first-order valence-electron chi connectivity index (χ1n) is 9.63. The van der Waals surface area contributed by atoms with Gasteiger partial charge in [0.2, 0.25) is 0 Å². The fourth-order valence-electron chi connectivity index (χ4n) is 4.10. The predicted molar refractivity (Wildman–Crippen MR) is 114 cm³/mol. The first-order chi connectivity index (χ1) is 14.4. The molecule has 2 aromatic carbocycles. The minimum Gasteiger partial charge on any atom is -0.396 e. The predicted octanol–water partition coefficient (Wildman–Crippen LogP) is 3.44. The number of aromatic nitrogens is 4. The van der Waals surface area contributed by atoms with Crippen LogP contribution in [-0.4, -0.2) is 55.8 Å². The number of carbonyl (C=O) groups is 1. The Morgan fingerprint density at radius 3 is 2.73 bits per heavy atom. The number of aliphatic hydroxyl groups is 1. The second kappa shape index (κ2) is 8.34. The lowest BCUT2D eigenvalue weighted by Crippen LogP contribution is -2.35. The van der Waals surface area contributed by atoms with Gasteiger partial charge in [-0.2, -0.15) is 0 Å². The van der Waals surface area contributed by atoms with E-state index in [9.17, 15) is 9.90 Å². The lowest BCUT2D eigenvalue weighted by molar-refractivity contribution is 0.0778. The van der Waals surface area contributed by atoms with Crippen LogP contribution >= 0.6 is 23.2 Å². The van der Waals surface area contributed by atoms with E-state index < -0.39 is 0 Å². The van der Waals surface area contributed by atoms with Crippen LogP contribution in [0.3, 0.4) is 0 Å². The maximum atomic E-state index is 13.4. The zero-order valence-electron chi connectivity index (χ0n) is 16.4. The summed E-state index contributed by atoms with van der Waals surface area (Å²) in [5.74, 6) is -0.0534. The monoisotopic (exact) mass is 445 g/mol. The molecule has 4 rings (SSSR count). The summed E-state index contributed by atoms with van der Waals surface area (Å²) in [6.07, 6.45) is 2.77. The van der Waals surface area contributed by atoms with E-state index in [1.54, 1.807) is 12.1 Å². The van der Waals surface area contributed by atoms with Gasteiger partial charge in [0.1, 0.15) is 6.33 Å². The molecule has 1 N–H and O–H groups in total. The van der Waals surface area contributed by atoms with E-state index in [-0.39, 0.29) is 17.9 Å². The summed E-state index contributed by atoms with van der Waals surface area (Å²) in [5, 5.41) is 21.9. The third-order valence-corrected chi connectivity index (χ3v) is 6.57. The number of hydrogen-bond acceptors (Lipinski definition) is 5. The highest BCUT2D eigenvalue weighted by molar-refractivity contribution is 6.42. The molecule has 9 heteroatoms. The van der Waals surface area contributed by atoms with Crippen molar-refractivity contribution in [2.45, 2.75) is 25.2 Å². The Kier molecular flexibility index (Phi) is 5.77. The Morgan fingerprint density at radius 2 is 2.03 bits per heavy atom. The minimum atomic E-state index is -0.361. The van der Waals surface area contributed by atoms with E-state index in [0.717, 1.165) is 23.2 Å². The van der Waals surface area contributed by atoms with Gasteiger partial charge >= 0.3 is 0 Å². The highest BCUT2D eigenvalue weighted by atomic mass is 35.5. The third kappa shape index (κ3) is 3.80. The maximum absolute atomic E-state index is 13.4. The van der Waals surface area contributed by atoms with Crippen molar-refractivity contribution in [1.29, 1.82) is 0 Å². The van der Waals surface area contributed by atoms with E-state index in [4.69, 9.17) is 23.2 Å². The fourth-order valence-corrected chi connectivity index (χ4v) is 4.40. The Bertz CT molecular complexity index is 1070. The molecular formula is C21H21Cl2N5O2. The van der Waals surface area contributed by atoms with Crippen LogP contribution < -0.4 is 0 Å². The van der Waals surface area contributed by atoms with Gasteiger partial charge in [-0.25, -0.2) is 4.68 Å². The van der Waals surface area contributed by atoms with Gasteiger partial charge in [-0.05, 0) is 65.6 Å². The summed E-state index contributed by atoms with van der Waals surface area (Å²) in [4.78, 5) is 15.2. The molecule has 2 heterocycles. The number of carbonyl (C=O) groups excluding carboxylic acids is 1. The Labute approximate surface area is 184 Å². The molecular weight excluding hydrogens is 425 g/mol. The van der Waals surface area contributed by atoms with E-state index in [2.05, 4.69) is 15.5 Å². The summed E-state index contributed by atoms with van der Waals surface area (Å²) in [6, 6.07) is 11.1. The van der Waals surface area contributed by atoms with Crippen LogP contribution in [0.4, 0.5) is 0 Å². The number of rotatable bonds is 5. The first-order valence-corrected chi connectivity index (χ1v) is 10.4. The molecule has 0 spiro atoms. The van der Waals surface area contributed by atoms with Crippen molar-refractivity contribution in [1.82, 2.24) is 25.1 Å². The normalized spacial score (nSPS) is 18.7. The van der Waals surface area contributed by atoms with E-state index in [0.29, 0.717) is 35.1 Å². The number of likely N-dealkylation sites (tertiary alicyclic amines) is 1. The molecule has 0 radical (unpaired) electrons. The zero-order valence-corrected chi connectivity index (χ0v) is 17.9.